The molecule has 1 aromatic carbocycles. The summed E-state index contributed by atoms with van der Waals surface area (Å²) in [6, 6.07) is 3.13. The summed E-state index contributed by atoms with van der Waals surface area (Å²) in [7, 11) is 0. The summed E-state index contributed by atoms with van der Waals surface area (Å²) in [5.74, 6) is -3.70. The number of para-hydroxylation sites is 1. The number of aryl methyl sites for hydroxylation is 1. The van der Waals surface area contributed by atoms with Gasteiger partial charge in [0.05, 0.1) is 18.3 Å². The van der Waals surface area contributed by atoms with Crippen LogP contribution < -0.4 is 50.4 Å². The van der Waals surface area contributed by atoms with E-state index in [-0.39, 0.29) is 114 Å². The van der Waals surface area contributed by atoms with Crippen LogP contribution in [0.2, 0.25) is 0 Å². The van der Waals surface area contributed by atoms with Gasteiger partial charge in [-0.3, -0.25) is 44.0 Å². The summed E-state index contributed by atoms with van der Waals surface area (Å²) in [5, 5.41) is 26.6. The zero-order valence-corrected chi connectivity index (χ0v) is 44.0. The molecule has 75 heavy (non-hydrogen) atoms. The Bertz CT molecular complexity index is 2310. The number of fused-ring (bicyclic) bond motifs is 1. The minimum absolute atomic E-state index is 0.0334. The molecular weight excluding hydrogens is 987 g/mol. The monoisotopic (exact) mass is 1070 g/mol. The molecule has 3 rings (SSSR count). The number of carbonyl (C=O) groups is 7. The summed E-state index contributed by atoms with van der Waals surface area (Å²) < 4.78 is 0. The van der Waals surface area contributed by atoms with E-state index in [0.29, 0.717) is 57.2 Å². The third-order valence-electron chi connectivity index (χ3n) is 12.6. The topological polar surface area (TPSA) is 422 Å². The SMILES string of the molecule is CC(O)C(N)C(=O)NCCN(C(=O)CCS)C(CCCN=C(N)N)C(=O)NCCN(C(=O)CCc1c[nH]c2ccccc12)C(Cc1cnc[nH]1)C(=O)NCCN(C(=O)CCCCCC(=N)N)C(CCCCN)C(N)=O. The van der Waals surface area contributed by atoms with Crippen LogP contribution in [0.4, 0.5) is 0 Å². The van der Waals surface area contributed by atoms with Gasteiger partial charge in [-0.05, 0) is 82.2 Å². The van der Waals surface area contributed by atoms with Crippen LogP contribution in [0, 0.1) is 5.41 Å². The van der Waals surface area contributed by atoms with Gasteiger partial charge in [-0.2, -0.15) is 12.6 Å². The largest absolute Gasteiger partial charge is 0.391 e. The maximum atomic E-state index is 14.7. The van der Waals surface area contributed by atoms with Gasteiger partial charge in [0.25, 0.3) is 0 Å². The molecule has 416 valence electrons. The summed E-state index contributed by atoms with van der Waals surface area (Å²) >= 11 is 4.24. The lowest BCUT2D eigenvalue weighted by atomic mass is 10.0. The number of benzene rings is 1. The zero-order chi connectivity index (χ0) is 55.3. The first-order valence-corrected chi connectivity index (χ1v) is 26.2. The number of aliphatic hydroxyl groups excluding tert-OH is 1. The Morgan fingerprint density at radius 3 is 1.93 bits per heavy atom. The van der Waals surface area contributed by atoms with E-state index in [1.54, 1.807) is 0 Å². The molecule has 0 spiro atoms. The van der Waals surface area contributed by atoms with Crippen molar-refractivity contribution < 1.29 is 38.7 Å². The van der Waals surface area contributed by atoms with Gasteiger partial charge in [0.2, 0.25) is 41.4 Å². The average molecular weight is 1070 g/mol. The molecule has 3 aromatic rings. The van der Waals surface area contributed by atoms with E-state index >= 15 is 0 Å². The number of hydrogen-bond acceptors (Lipinski definition) is 14. The first-order valence-electron chi connectivity index (χ1n) is 25.6. The standard InChI is InChI=1S/C49H81N17O8S/c1-32(67)44(53)48(74)60-23-25-65(43(70)18-27-75)38(13-9-20-61-49(55)56)46(72)58-22-26-66(42(69)17-16-33-29-62-36-11-6-5-10-35(33)36)39(28-34-30-57-31-63-34)47(73)59-21-24-64(37(45(54)71)12-7-8-19-50)41(68)15-4-2-3-14-40(51)52/h5-6,10-11,29-32,37-39,44,62,67,75H,2-4,7-9,12-28,50,53H2,1H3,(H3,51,52)(H2,54,71)(H,57,63)(H,58,72)(H,59,73)(H,60,74)(H4,55,56,61). The zero-order valence-electron chi connectivity index (χ0n) is 43.1. The highest BCUT2D eigenvalue weighted by Crippen LogP contribution is 2.21. The minimum atomic E-state index is -1.23. The Morgan fingerprint density at radius 2 is 1.33 bits per heavy atom. The predicted octanol–water partition coefficient (Wildman–Crippen LogP) is -1.41. The number of aliphatic imine (C=N–C) groups is 1. The fraction of sp³-hybridized carbons (Fsp3) is 0.592. The van der Waals surface area contributed by atoms with Crippen molar-refractivity contribution in [2.45, 2.75) is 127 Å². The Hall–Kier alpha value is -6.77. The second-order valence-corrected chi connectivity index (χ2v) is 18.7. The number of aromatic amines is 2. The molecule has 0 saturated heterocycles. The normalized spacial score (nSPS) is 13.1. The molecule has 0 saturated carbocycles. The number of nitrogens with two attached hydrogens (primary N) is 6. The number of aliphatic hydroxyl groups is 1. The molecule has 2 aromatic heterocycles. The number of guanidine groups is 1. The fourth-order valence-corrected chi connectivity index (χ4v) is 8.70. The average Bonchev–Trinajstić information content (AvgIpc) is 4.05. The lowest BCUT2D eigenvalue weighted by molar-refractivity contribution is -0.142. The summed E-state index contributed by atoms with van der Waals surface area (Å²) in [6.45, 7) is 1.09. The van der Waals surface area contributed by atoms with Crippen molar-refractivity contribution in [1.82, 2.24) is 45.6 Å². The fourth-order valence-electron chi connectivity index (χ4n) is 8.51. The second kappa shape index (κ2) is 33.9. The van der Waals surface area contributed by atoms with E-state index in [0.717, 1.165) is 16.5 Å². The second-order valence-electron chi connectivity index (χ2n) is 18.3. The quantitative estimate of drug-likeness (QED) is 0.0136. The molecule has 5 unspecified atom stereocenters. The van der Waals surface area contributed by atoms with Crippen LogP contribution in [0.25, 0.3) is 10.9 Å². The van der Waals surface area contributed by atoms with Crippen molar-refractivity contribution in [2.75, 3.05) is 58.1 Å². The van der Waals surface area contributed by atoms with E-state index in [1.807, 2.05) is 30.5 Å². The number of carbonyl (C=O) groups excluding carboxylic acids is 7. The van der Waals surface area contributed by atoms with Crippen LogP contribution >= 0.6 is 12.6 Å². The number of nitrogens with zero attached hydrogens (tertiary/aromatic N) is 5. The van der Waals surface area contributed by atoms with Crippen molar-refractivity contribution >= 4 is 76.7 Å². The van der Waals surface area contributed by atoms with Gasteiger partial charge in [0, 0.05) is 107 Å². The van der Waals surface area contributed by atoms with Crippen LogP contribution in [0.5, 0.6) is 0 Å². The summed E-state index contributed by atoms with van der Waals surface area (Å²) in [6.07, 6.45) is 7.76. The van der Waals surface area contributed by atoms with Crippen LogP contribution in [-0.2, 0) is 46.4 Å². The van der Waals surface area contributed by atoms with Crippen molar-refractivity contribution in [2.24, 2.45) is 39.4 Å². The lowest BCUT2D eigenvalue weighted by Gasteiger charge is -2.34. The molecule has 0 fully saturated rings. The lowest BCUT2D eigenvalue weighted by Crippen LogP contribution is -2.56. The highest BCUT2D eigenvalue weighted by atomic mass is 32.1. The summed E-state index contributed by atoms with van der Waals surface area (Å²) in [4.78, 5) is 115. The molecule has 5 atom stereocenters. The van der Waals surface area contributed by atoms with Gasteiger partial charge in [-0.15, -0.1) is 0 Å². The molecule has 0 bridgehead atoms. The van der Waals surface area contributed by atoms with Crippen LogP contribution in [0.1, 0.15) is 95.2 Å². The molecule has 0 aliphatic heterocycles. The van der Waals surface area contributed by atoms with Gasteiger partial charge in [-0.25, -0.2) is 4.98 Å². The third kappa shape index (κ3) is 21.9. The number of rotatable bonds is 38. The van der Waals surface area contributed by atoms with E-state index < -0.39 is 65.7 Å². The maximum Gasteiger partial charge on any atom is 0.243 e. The molecule has 0 aliphatic rings. The van der Waals surface area contributed by atoms with E-state index in [9.17, 15) is 38.7 Å². The number of hydrogen-bond donors (Lipinski definition) is 14. The third-order valence-corrected chi connectivity index (χ3v) is 12.8. The Kier molecular flexibility index (Phi) is 28.3. The van der Waals surface area contributed by atoms with Crippen LogP contribution in [-0.4, -0.2) is 176 Å². The van der Waals surface area contributed by atoms with E-state index in [2.05, 4.69) is 48.5 Å². The smallest absolute Gasteiger partial charge is 0.243 e. The number of H-pyrrole nitrogens is 2. The van der Waals surface area contributed by atoms with Gasteiger partial charge in [-0.1, -0.05) is 24.6 Å². The number of aromatic nitrogens is 3. The molecule has 0 radical (unpaired) electrons. The van der Waals surface area contributed by atoms with Crippen LogP contribution in [0.3, 0.4) is 0 Å². The van der Waals surface area contributed by atoms with Gasteiger partial charge >= 0.3 is 0 Å². The van der Waals surface area contributed by atoms with Gasteiger partial charge in [0.1, 0.15) is 24.2 Å². The Morgan fingerprint density at radius 1 is 0.747 bits per heavy atom. The van der Waals surface area contributed by atoms with Crippen molar-refractivity contribution in [3.05, 3.63) is 54.2 Å². The van der Waals surface area contributed by atoms with Crippen molar-refractivity contribution in [1.29, 1.82) is 5.41 Å². The van der Waals surface area contributed by atoms with Crippen LogP contribution in [0.15, 0.2) is 48.0 Å². The first-order chi connectivity index (χ1) is 35.9. The molecule has 19 N–H and O–H groups in total. The molecule has 26 heteroatoms. The minimum Gasteiger partial charge on any atom is -0.391 e. The molecule has 0 aliphatic carbocycles. The van der Waals surface area contributed by atoms with Gasteiger partial charge in [0.15, 0.2) is 5.96 Å². The Balaban J connectivity index is 1.97. The number of primary amides is 1. The predicted molar refractivity (Wildman–Crippen MR) is 290 cm³/mol. The molecule has 25 nitrogen and oxygen atoms in total. The number of amides is 7. The van der Waals surface area contributed by atoms with Gasteiger partial charge < -0.3 is 80.1 Å². The molecule has 7 amide bonds. The van der Waals surface area contributed by atoms with Crippen molar-refractivity contribution in [3.63, 3.8) is 0 Å². The van der Waals surface area contributed by atoms with E-state index in [1.165, 1.54) is 34.1 Å². The molecule has 2 heterocycles. The molecular formula is C49H81N17O8S. The number of thiol groups is 1. The number of amidine groups is 1. The number of imidazole rings is 1. The highest BCUT2D eigenvalue weighted by Gasteiger charge is 2.34. The van der Waals surface area contributed by atoms with E-state index in [4.69, 9.17) is 39.8 Å². The first kappa shape index (κ1) is 62.5. The maximum absolute atomic E-state index is 14.7. The number of nitrogens with one attached hydrogen (secondary N) is 6. The highest BCUT2D eigenvalue weighted by molar-refractivity contribution is 7.80. The Labute approximate surface area is 443 Å². The summed E-state index contributed by atoms with van der Waals surface area (Å²) in [5.41, 5.74) is 36.3. The number of unbranched alkanes of at least 4 members (excludes halogenated alkanes) is 3. The van der Waals surface area contributed by atoms with Crippen molar-refractivity contribution in [3.8, 4) is 0 Å².